The number of hydrogen-bond donors (Lipinski definition) is 2. The summed E-state index contributed by atoms with van der Waals surface area (Å²) >= 11 is 0. The third-order valence-corrected chi connectivity index (χ3v) is 3.49. The number of benzene rings is 1. The van der Waals surface area contributed by atoms with Crippen molar-refractivity contribution in [2.24, 2.45) is 16.5 Å². The standard InChI is InChI=1S/C11H12N4O2S/c1-18(16,17)8-3-2-7-4-5-14-10(9(7)6-8)15-11(12)13/h2-6H,1H3,(H4,12,13,14,15). The first-order valence-electron chi connectivity index (χ1n) is 5.06. The van der Waals surface area contributed by atoms with E-state index < -0.39 is 9.84 Å². The minimum atomic E-state index is -3.28. The van der Waals surface area contributed by atoms with Crippen LogP contribution in [0.25, 0.3) is 10.8 Å². The zero-order valence-electron chi connectivity index (χ0n) is 9.66. The van der Waals surface area contributed by atoms with Crippen LogP contribution in [0.3, 0.4) is 0 Å². The Morgan fingerprint density at radius 2 is 2.00 bits per heavy atom. The molecule has 0 aliphatic carbocycles. The second-order valence-electron chi connectivity index (χ2n) is 3.83. The van der Waals surface area contributed by atoms with E-state index in [0.717, 1.165) is 11.6 Å². The molecule has 2 aromatic rings. The van der Waals surface area contributed by atoms with Gasteiger partial charge in [-0.2, -0.15) is 4.99 Å². The molecule has 0 fully saturated rings. The maximum absolute atomic E-state index is 11.5. The number of aliphatic imine (C=N–C) groups is 1. The van der Waals surface area contributed by atoms with Crippen LogP contribution in [0, 0.1) is 0 Å². The lowest BCUT2D eigenvalue weighted by Gasteiger charge is -2.04. The fourth-order valence-electron chi connectivity index (χ4n) is 1.57. The fourth-order valence-corrected chi connectivity index (χ4v) is 2.22. The van der Waals surface area contributed by atoms with E-state index in [-0.39, 0.29) is 10.9 Å². The quantitative estimate of drug-likeness (QED) is 0.607. The number of hydrogen-bond acceptors (Lipinski definition) is 4. The van der Waals surface area contributed by atoms with Crippen LogP contribution in [-0.4, -0.2) is 25.6 Å². The molecule has 0 saturated heterocycles. The summed E-state index contributed by atoms with van der Waals surface area (Å²) in [5.74, 6) is 0.178. The summed E-state index contributed by atoms with van der Waals surface area (Å²) < 4.78 is 23.0. The zero-order chi connectivity index (χ0) is 13.3. The van der Waals surface area contributed by atoms with Gasteiger partial charge in [0.1, 0.15) is 0 Å². The maximum atomic E-state index is 11.5. The van der Waals surface area contributed by atoms with Crippen LogP contribution in [0.1, 0.15) is 0 Å². The maximum Gasteiger partial charge on any atom is 0.192 e. The number of aromatic nitrogens is 1. The molecule has 4 N–H and O–H groups in total. The van der Waals surface area contributed by atoms with Crippen LogP contribution in [0.15, 0.2) is 40.4 Å². The summed E-state index contributed by atoms with van der Waals surface area (Å²) in [4.78, 5) is 8.11. The second kappa shape index (κ2) is 4.26. The number of sulfone groups is 1. The molecule has 0 bridgehead atoms. The average Bonchev–Trinajstić information content (AvgIpc) is 2.27. The molecule has 0 aliphatic rings. The van der Waals surface area contributed by atoms with Gasteiger partial charge in [0.2, 0.25) is 0 Å². The molecule has 0 radical (unpaired) electrons. The summed E-state index contributed by atoms with van der Waals surface area (Å²) in [7, 11) is -3.28. The zero-order valence-corrected chi connectivity index (χ0v) is 10.5. The molecule has 1 aromatic heterocycles. The van der Waals surface area contributed by atoms with Crippen molar-refractivity contribution in [3.63, 3.8) is 0 Å². The van der Waals surface area contributed by atoms with E-state index >= 15 is 0 Å². The van der Waals surface area contributed by atoms with Crippen LogP contribution < -0.4 is 11.5 Å². The Labute approximate surface area is 104 Å². The topological polar surface area (TPSA) is 111 Å². The van der Waals surface area contributed by atoms with Crippen molar-refractivity contribution in [1.29, 1.82) is 0 Å². The lowest BCUT2D eigenvalue weighted by molar-refractivity contribution is 0.602. The molecular weight excluding hydrogens is 252 g/mol. The molecule has 1 heterocycles. The minimum absolute atomic E-state index is 0.125. The van der Waals surface area contributed by atoms with E-state index in [2.05, 4.69) is 9.98 Å². The largest absolute Gasteiger partial charge is 0.370 e. The van der Waals surface area contributed by atoms with Crippen molar-refractivity contribution in [2.75, 3.05) is 6.26 Å². The predicted octanol–water partition coefficient (Wildman–Crippen LogP) is 0.543. The van der Waals surface area contributed by atoms with E-state index in [1.165, 1.54) is 12.1 Å². The molecule has 94 valence electrons. The Balaban J connectivity index is 2.78. The van der Waals surface area contributed by atoms with Gasteiger partial charge in [-0.05, 0) is 23.6 Å². The van der Waals surface area contributed by atoms with E-state index in [1.807, 2.05) is 0 Å². The lowest BCUT2D eigenvalue weighted by atomic mass is 10.1. The van der Waals surface area contributed by atoms with Crippen LogP contribution in [0.4, 0.5) is 5.82 Å². The molecule has 6 nitrogen and oxygen atoms in total. The van der Waals surface area contributed by atoms with Crippen LogP contribution in [-0.2, 0) is 9.84 Å². The van der Waals surface area contributed by atoms with Crippen molar-refractivity contribution >= 4 is 32.4 Å². The number of nitrogens with zero attached hydrogens (tertiary/aromatic N) is 2. The smallest absolute Gasteiger partial charge is 0.192 e. The van der Waals surface area contributed by atoms with E-state index in [4.69, 9.17) is 11.5 Å². The average molecular weight is 264 g/mol. The first-order valence-corrected chi connectivity index (χ1v) is 6.95. The fraction of sp³-hybridized carbons (Fsp3) is 0.0909. The van der Waals surface area contributed by atoms with Crippen molar-refractivity contribution < 1.29 is 8.42 Å². The number of guanidine groups is 1. The van der Waals surface area contributed by atoms with E-state index in [1.54, 1.807) is 18.3 Å². The van der Waals surface area contributed by atoms with Gasteiger partial charge >= 0.3 is 0 Å². The highest BCUT2D eigenvalue weighted by Gasteiger charge is 2.09. The van der Waals surface area contributed by atoms with Gasteiger partial charge in [0, 0.05) is 17.8 Å². The summed E-state index contributed by atoms with van der Waals surface area (Å²) in [5, 5.41) is 1.41. The summed E-state index contributed by atoms with van der Waals surface area (Å²) in [6.45, 7) is 0. The normalized spacial score (nSPS) is 11.4. The Morgan fingerprint density at radius 1 is 1.28 bits per heavy atom. The summed E-state index contributed by atoms with van der Waals surface area (Å²) in [6.07, 6.45) is 2.70. The highest BCUT2D eigenvalue weighted by Crippen LogP contribution is 2.26. The highest BCUT2D eigenvalue weighted by atomic mass is 32.2. The van der Waals surface area contributed by atoms with Crippen molar-refractivity contribution in [2.45, 2.75) is 4.90 Å². The van der Waals surface area contributed by atoms with Gasteiger partial charge in [0.25, 0.3) is 0 Å². The molecule has 7 heteroatoms. The molecular formula is C11H12N4O2S. The molecule has 0 saturated carbocycles. The van der Waals surface area contributed by atoms with Gasteiger partial charge in [-0.1, -0.05) is 6.07 Å². The SMILES string of the molecule is CS(=O)(=O)c1ccc2ccnc(N=C(N)N)c2c1. The number of fused-ring (bicyclic) bond motifs is 1. The van der Waals surface area contributed by atoms with Gasteiger partial charge in [-0.25, -0.2) is 13.4 Å². The molecule has 0 atom stereocenters. The van der Waals surface area contributed by atoms with Crippen molar-refractivity contribution in [3.05, 3.63) is 30.5 Å². The van der Waals surface area contributed by atoms with E-state index in [9.17, 15) is 8.42 Å². The lowest BCUT2D eigenvalue weighted by Crippen LogP contribution is -2.22. The van der Waals surface area contributed by atoms with Gasteiger partial charge in [-0.15, -0.1) is 0 Å². The summed E-state index contributed by atoms with van der Waals surface area (Å²) in [6, 6.07) is 6.50. The third kappa shape index (κ3) is 2.40. The Morgan fingerprint density at radius 3 is 2.61 bits per heavy atom. The second-order valence-corrected chi connectivity index (χ2v) is 5.84. The van der Waals surface area contributed by atoms with Gasteiger partial charge in [-0.3, -0.25) is 0 Å². The Bertz CT molecular complexity index is 734. The molecule has 0 amide bonds. The number of nitrogens with two attached hydrogens (primary N) is 2. The molecule has 0 spiro atoms. The monoisotopic (exact) mass is 264 g/mol. The first-order chi connectivity index (χ1) is 8.38. The predicted molar refractivity (Wildman–Crippen MR) is 70.3 cm³/mol. The first kappa shape index (κ1) is 12.3. The highest BCUT2D eigenvalue weighted by molar-refractivity contribution is 7.90. The van der Waals surface area contributed by atoms with Crippen LogP contribution >= 0.6 is 0 Å². The van der Waals surface area contributed by atoms with E-state index in [0.29, 0.717) is 11.2 Å². The van der Waals surface area contributed by atoms with Crippen molar-refractivity contribution in [3.8, 4) is 0 Å². The van der Waals surface area contributed by atoms with Gasteiger partial charge in [0.05, 0.1) is 4.90 Å². The van der Waals surface area contributed by atoms with Gasteiger partial charge < -0.3 is 11.5 Å². The Kier molecular flexibility index (Phi) is 2.92. The van der Waals surface area contributed by atoms with Crippen LogP contribution in [0.5, 0.6) is 0 Å². The summed E-state index contributed by atoms with van der Waals surface area (Å²) in [5.41, 5.74) is 10.6. The minimum Gasteiger partial charge on any atom is -0.370 e. The molecule has 1 aromatic carbocycles. The molecule has 18 heavy (non-hydrogen) atoms. The van der Waals surface area contributed by atoms with Crippen molar-refractivity contribution in [1.82, 2.24) is 4.98 Å². The van der Waals surface area contributed by atoms with Gasteiger partial charge in [0.15, 0.2) is 21.6 Å². The van der Waals surface area contributed by atoms with Crippen LogP contribution in [0.2, 0.25) is 0 Å². The third-order valence-electron chi connectivity index (χ3n) is 2.38. The molecule has 2 rings (SSSR count). The Hall–Kier alpha value is -2.15. The number of pyridine rings is 1. The molecule has 0 aliphatic heterocycles. The number of rotatable bonds is 2. The molecule has 0 unspecified atom stereocenters.